The minimum Gasteiger partial charge on any atom is -0.490 e. The first-order valence-electron chi connectivity index (χ1n) is 4.72. The molecule has 0 aliphatic carbocycles. The summed E-state index contributed by atoms with van der Waals surface area (Å²) in [6.07, 6.45) is 0.167. The van der Waals surface area contributed by atoms with Crippen molar-refractivity contribution in [2.45, 2.75) is 33.8 Å². The maximum Gasteiger partial charge on any atom is 0.125 e. The number of rotatable bonds is 2. The van der Waals surface area contributed by atoms with E-state index in [1.807, 2.05) is 39.8 Å². The molecule has 1 rings (SSSR count). The first kappa shape index (κ1) is 10.6. The quantitative estimate of drug-likeness (QED) is 0.716. The SMILES string of the molecule is Cc1cc(C#N)cc(C)c1OC(C)C. The van der Waals surface area contributed by atoms with Crippen LogP contribution in [0.1, 0.15) is 30.5 Å². The van der Waals surface area contributed by atoms with Gasteiger partial charge in [-0.3, -0.25) is 0 Å². The summed E-state index contributed by atoms with van der Waals surface area (Å²) in [5.74, 6) is 0.902. The minimum absolute atomic E-state index is 0.167. The standard InChI is InChI=1S/C12H15NO/c1-8(2)14-12-9(3)5-11(7-13)6-10(12)4/h5-6,8H,1-4H3. The maximum atomic E-state index is 8.77. The van der Waals surface area contributed by atoms with E-state index in [9.17, 15) is 0 Å². The summed E-state index contributed by atoms with van der Waals surface area (Å²) in [6.45, 7) is 7.92. The highest BCUT2D eigenvalue weighted by molar-refractivity contribution is 5.47. The van der Waals surface area contributed by atoms with Crippen LogP contribution in [-0.4, -0.2) is 6.10 Å². The van der Waals surface area contributed by atoms with E-state index < -0.39 is 0 Å². The molecule has 0 heterocycles. The Morgan fingerprint density at radius 3 is 2.07 bits per heavy atom. The van der Waals surface area contributed by atoms with Crippen LogP contribution in [0.2, 0.25) is 0 Å². The molecule has 1 aromatic rings. The van der Waals surface area contributed by atoms with Crippen molar-refractivity contribution in [3.8, 4) is 11.8 Å². The van der Waals surface area contributed by atoms with Gasteiger partial charge in [-0.2, -0.15) is 5.26 Å². The van der Waals surface area contributed by atoms with Crippen molar-refractivity contribution in [2.24, 2.45) is 0 Å². The first-order valence-corrected chi connectivity index (χ1v) is 4.72. The third kappa shape index (κ3) is 2.26. The van der Waals surface area contributed by atoms with Gasteiger partial charge in [0.1, 0.15) is 5.75 Å². The summed E-state index contributed by atoms with van der Waals surface area (Å²) >= 11 is 0. The predicted molar refractivity (Wildman–Crippen MR) is 56.4 cm³/mol. The molecule has 2 heteroatoms. The second-order valence-corrected chi connectivity index (χ2v) is 3.72. The van der Waals surface area contributed by atoms with Gasteiger partial charge < -0.3 is 4.74 Å². The molecule has 0 atom stereocenters. The molecule has 0 fully saturated rings. The van der Waals surface area contributed by atoms with E-state index in [4.69, 9.17) is 10.00 Å². The lowest BCUT2D eigenvalue weighted by Gasteiger charge is -2.15. The fraction of sp³-hybridized carbons (Fsp3) is 0.417. The van der Waals surface area contributed by atoms with Crippen molar-refractivity contribution in [2.75, 3.05) is 0 Å². The maximum absolute atomic E-state index is 8.77. The summed E-state index contributed by atoms with van der Waals surface area (Å²) in [5.41, 5.74) is 2.74. The van der Waals surface area contributed by atoms with E-state index in [1.54, 1.807) is 0 Å². The third-order valence-corrected chi connectivity index (χ3v) is 1.94. The number of nitrogens with zero attached hydrogens (tertiary/aromatic N) is 1. The van der Waals surface area contributed by atoms with Crippen molar-refractivity contribution in [3.05, 3.63) is 28.8 Å². The molecule has 14 heavy (non-hydrogen) atoms. The molecule has 0 aliphatic rings. The highest BCUT2D eigenvalue weighted by Crippen LogP contribution is 2.25. The van der Waals surface area contributed by atoms with Crippen LogP contribution in [0.4, 0.5) is 0 Å². The summed E-state index contributed by atoms with van der Waals surface area (Å²) < 4.78 is 5.67. The highest BCUT2D eigenvalue weighted by Gasteiger charge is 2.07. The van der Waals surface area contributed by atoms with Gasteiger partial charge in [0.15, 0.2) is 0 Å². The number of benzene rings is 1. The molecule has 0 amide bonds. The number of hydrogen-bond donors (Lipinski definition) is 0. The van der Waals surface area contributed by atoms with E-state index in [0.29, 0.717) is 5.56 Å². The Balaban J connectivity index is 3.13. The highest BCUT2D eigenvalue weighted by atomic mass is 16.5. The smallest absolute Gasteiger partial charge is 0.125 e. The molecule has 0 bridgehead atoms. The van der Waals surface area contributed by atoms with Crippen LogP contribution in [0, 0.1) is 25.2 Å². The zero-order valence-corrected chi connectivity index (χ0v) is 9.09. The van der Waals surface area contributed by atoms with Crippen LogP contribution in [-0.2, 0) is 0 Å². The lowest BCUT2D eigenvalue weighted by atomic mass is 10.1. The van der Waals surface area contributed by atoms with Crippen LogP contribution in [0.15, 0.2) is 12.1 Å². The van der Waals surface area contributed by atoms with Gasteiger partial charge in [0.05, 0.1) is 17.7 Å². The van der Waals surface area contributed by atoms with E-state index in [2.05, 4.69) is 6.07 Å². The normalized spacial score (nSPS) is 10.0. The van der Waals surface area contributed by atoms with E-state index in [0.717, 1.165) is 16.9 Å². The van der Waals surface area contributed by atoms with Gasteiger partial charge in [0.25, 0.3) is 0 Å². The molecule has 0 aliphatic heterocycles. The Kier molecular flexibility index (Phi) is 3.14. The van der Waals surface area contributed by atoms with Gasteiger partial charge in [0.2, 0.25) is 0 Å². The van der Waals surface area contributed by atoms with Gasteiger partial charge in [-0.05, 0) is 51.0 Å². The molecule has 0 saturated heterocycles. The van der Waals surface area contributed by atoms with Gasteiger partial charge in [-0.15, -0.1) is 0 Å². The van der Waals surface area contributed by atoms with Gasteiger partial charge in [-0.1, -0.05) is 0 Å². The topological polar surface area (TPSA) is 33.0 Å². The van der Waals surface area contributed by atoms with Crippen LogP contribution >= 0.6 is 0 Å². The van der Waals surface area contributed by atoms with E-state index in [1.165, 1.54) is 0 Å². The summed E-state index contributed by atoms with van der Waals surface area (Å²) in [5, 5.41) is 8.77. The molecule has 1 aromatic carbocycles. The fourth-order valence-electron chi connectivity index (χ4n) is 1.44. The predicted octanol–water partition coefficient (Wildman–Crippen LogP) is 2.96. The van der Waals surface area contributed by atoms with Gasteiger partial charge in [-0.25, -0.2) is 0 Å². The summed E-state index contributed by atoms with van der Waals surface area (Å²) in [4.78, 5) is 0. The number of hydrogen-bond acceptors (Lipinski definition) is 2. The lowest BCUT2D eigenvalue weighted by Crippen LogP contribution is -2.08. The molecule has 0 radical (unpaired) electrons. The Morgan fingerprint density at radius 1 is 1.21 bits per heavy atom. The lowest BCUT2D eigenvalue weighted by molar-refractivity contribution is 0.239. The molecule has 0 spiro atoms. The van der Waals surface area contributed by atoms with Crippen LogP contribution in [0.3, 0.4) is 0 Å². The molecule has 0 aromatic heterocycles. The summed E-state index contributed by atoms with van der Waals surface area (Å²) in [7, 11) is 0. The van der Waals surface area contributed by atoms with Crippen molar-refractivity contribution in [3.63, 3.8) is 0 Å². The average molecular weight is 189 g/mol. The average Bonchev–Trinajstić information content (AvgIpc) is 2.10. The molecule has 0 saturated carbocycles. The summed E-state index contributed by atoms with van der Waals surface area (Å²) in [6, 6.07) is 5.84. The molecule has 2 nitrogen and oxygen atoms in total. The van der Waals surface area contributed by atoms with Crippen molar-refractivity contribution < 1.29 is 4.74 Å². The second kappa shape index (κ2) is 4.15. The van der Waals surface area contributed by atoms with Crippen LogP contribution in [0.5, 0.6) is 5.75 Å². The van der Waals surface area contributed by atoms with Crippen molar-refractivity contribution in [1.82, 2.24) is 0 Å². The third-order valence-electron chi connectivity index (χ3n) is 1.94. The Hall–Kier alpha value is -1.49. The minimum atomic E-state index is 0.167. The Labute approximate surface area is 85.1 Å². The van der Waals surface area contributed by atoms with Crippen molar-refractivity contribution >= 4 is 0 Å². The van der Waals surface area contributed by atoms with Crippen LogP contribution in [0.25, 0.3) is 0 Å². The number of aryl methyl sites for hydroxylation is 2. The van der Waals surface area contributed by atoms with E-state index in [-0.39, 0.29) is 6.10 Å². The Bertz CT molecular complexity index is 351. The largest absolute Gasteiger partial charge is 0.490 e. The molecular weight excluding hydrogens is 174 g/mol. The molecule has 0 unspecified atom stereocenters. The Morgan fingerprint density at radius 2 is 1.71 bits per heavy atom. The molecular formula is C12H15NO. The zero-order chi connectivity index (χ0) is 10.7. The monoisotopic (exact) mass is 189 g/mol. The first-order chi connectivity index (χ1) is 6.54. The van der Waals surface area contributed by atoms with Gasteiger partial charge >= 0.3 is 0 Å². The van der Waals surface area contributed by atoms with E-state index >= 15 is 0 Å². The molecule has 74 valence electrons. The molecule has 0 N–H and O–H groups in total. The number of nitriles is 1. The van der Waals surface area contributed by atoms with Crippen molar-refractivity contribution in [1.29, 1.82) is 5.26 Å². The van der Waals surface area contributed by atoms with Gasteiger partial charge in [0, 0.05) is 0 Å². The second-order valence-electron chi connectivity index (χ2n) is 3.72. The fourth-order valence-corrected chi connectivity index (χ4v) is 1.44. The van der Waals surface area contributed by atoms with Crippen LogP contribution < -0.4 is 4.74 Å². The number of ether oxygens (including phenoxy) is 1. The zero-order valence-electron chi connectivity index (χ0n) is 9.09.